The molecule has 0 radical (unpaired) electrons. The van der Waals surface area contributed by atoms with E-state index in [2.05, 4.69) is 29.3 Å². The fourth-order valence-electron chi connectivity index (χ4n) is 3.89. The third kappa shape index (κ3) is 2.62. The van der Waals surface area contributed by atoms with Crippen molar-refractivity contribution in [1.82, 2.24) is 10.2 Å². The van der Waals surface area contributed by atoms with Gasteiger partial charge in [-0.05, 0) is 13.0 Å². The Kier molecular flexibility index (Phi) is 3.85. The molecule has 0 saturated carbocycles. The number of carbonyl (C=O) groups excluding carboxylic acids is 1. The van der Waals surface area contributed by atoms with Gasteiger partial charge in [-0.1, -0.05) is 25.1 Å². The van der Waals surface area contributed by atoms with Crippen molar-refractivity contribution in [2.45, 2.75) is 51.5 Å². The van der Waals surface area contributed by atoms with Gasteiger partial charge in [0.15, 0.2) is 0 Å². The van der Waals surface area contributed by atoms with Crippen LogP contribution in [0.5, 0.6) is 0 Å². The second kappa shape index (κ2) is 5.90. The SMILES string of the molecule is CCc1oc2ccccc2c1CN1CCC2(CC1)NC(=O)C(C)O2. The molecule has 1 N–H and O–H groups in total. The van der Waals surface area contributed by atoms with Crippen molar-refractivity contribution in [3.8, 4) is 0 Å². The van der Waals surface area contributed by atoms with Gasteiger partial charge < -0.3 is 14.5 Å². The van der Waals surface area contributed by atoms with Gasteiger partial charge in [-0.15, -0.1) is 0 Å². The summed E-state index contributed by atoms with van der Waals surface area (Å²) < 4.78 is 11.9. The number of likely N-dealkylation sites (tertiary alicyclic amines) is 1. The lowest BCUT2D eigenvalue weighted by molar-refractivity contribution is -0.123. The first-order valence-electron chi connectivity index (χ1n) is 8.82. The van der Waals surface area contributed by atoms with Gasteiger partial charge in [-0.2, -0.15) is 0 Å². The number of furan rings is 1. The Bertz CT molecular complexity index is 759. The predicted octanol–water partition coefficient (Wildman–Crippen LogP) is 2.82. The molecule has 1 aromatic heterocycles. The van der Waals surface area contributed by atoms with Gasteiger partial charge in [0, 0.05) is 49.8 Å². The maximum atomic E-state index is 11.8. The van der Waals surface area contributed by atoms with E-state index in [-0.39, 0.29) is 12.0 Å². The highest BCUT2D eigenvalue weighted by atomic mass is 16.5. The molecular formula is C19H24N2O3. The molecule has 4 rings (SSSR count). The Morgan fingerprint density at radius 3 is 2.71 bits per heavy atom. The van der Waals surface area contributed by atoms with E-state index < -0.39 is 5.72 Å². The molecule has 0 bridgehead atoms. The highest BCUT2D eigenvalue weighted by Crippen LogP contribution is 2.32. The molecule has 1 spiro atoms. The molecule has 24 heavy (non-hydrogen) atoms. The van der Waals surface area contributed by atoms with Gasteiger partial charge >= 0.3 is 0 Å². The third-order valence-corrected chi connectivity index (χ3v) is 5.27. The van der Waals surface area contributed by atoms with E-state index >= 15 is 0 Å². The molecular weight excluding hydrogens is 304 g/mol. The molecule has 3 heterocycles. The predicted molar refractivity (Wildman–Crippen MR) is 91.5 cm³/mol. The number of carbonyl (C=O) groups is 1. The van der Waals surface area contributed by atoms with E-state index in [1.54, 1.807) is 0 Å². The zero-order chi connectivity index (χ0) is 16.7. The van der Waals surface area contributed by atoms with Crippen LogP contribution >= 0.6 is 0 Å². The summed E-state index contributed by atoms with van der Waals surface area (Å²) in [6.45, 7) is 6.67. The van der Waals surface area contributed by atoms with E-state index in [0.29, 0.717) is 0 Å². The Morgan fingerprint density at radius 1 is 1.29 bits per heavy atom. The van der Waals surface area contributed by atoms with E-state index in [0.717, 1.165) is 50.2 Å². The van der Waals surface area contributed by atoms with Gasteiger partial charge in [0.2, 0.25) is 0 Å². The van der Waals surface area contributed by atoms with Crippen LogP contribution in [-0.4, -0.2) is 35.7 Å². The highest BCUT2D eigenvalue weighted by Gasteiger charge is 2.45. The zero-order valence-corrected chi connectivity index (χ0v) is 14.3. The Hall–Kier alpha value is -1.85. The summed E-state index contributed by atoms with van der Waals surface area (Å²) in [5.74, 6) is 1.09. The third-order valence-electron chi connectivity index (χ3n) is 5.27. The van der Waals surface area contributed by atoms with Crippen LogP contribution in [0.25, 0.3) is 11.0 Å². The molecule has 1 unspecified atom stereocenters. The highest BCUT2D eigenvalue weighted by molar-refractivity contribution is 5.83. The van der Waals surface area contributed by atoms with Gasteiger partial charge in [0.25, 0.3) is 5.91 Å². The Labute approximate surface area is 141 Å². The quantitative estimate of drug-likeness (QED) is 0.941. The second-order valence-corrected chi connectivity index (χ2v) is 6.87. The fraction of sp³-hybridized carbons (Fsp3) is 0.526. The number of rotatable bonds is 3. The van der Waals surface area contributed by atoms with Gasteiger partial charge in [0.1, 0.15) is 23.2 Å². The molecule has 2 saturated heterocycles. The molecule has 1 aromatic carbocycles. The molecule has 2 aliphatic rings. The molecule has 5 nitrogen and oxygen atoms in total. The largest absolute Gasteiger partial charge is 0.461 e. The Balaban J connectivity index is 1.49. The lowest BCUT2D eigenvalue weighted by Gasteiger charge is -2.38. The van der Waals surface area contributed by atoms with E-state index in [9.17, 15) is 4.79 Å². The second-order valence-electron chi connectivity index (χ2n) is 6.87. The van der Waals surface area contributed by atoms with Crippen molar-refractivity contribution in [2.75, 3.05) is 13.1 Å². The first-order chi connectivity index (χ1) is 11.6. The lowest BCUT2D eigenvalue weighted by atomic mass is 9.99. The van der Waals surface area contributed by atoms with Crippen molar-refractivity contribution < 1.29 is 13.9 Å². The number of ether oxygens (including phenoxy) is 1. The number of fused-ring (bicyclic) bond motifs is 1. The number of hydrogen-bond acceptors (Lipinski definition) is 4. The topological polar surface area (TPSA) is 54.7 Å². The molecule has 1 amide bonds. The van der Waals surface area contributed by atoms with Crippen LogP contribution in [0.15, 0.2) is 28.7 Å². The Morgan fingerprint density at radius 2 is 2.04 bits per heavy atom. The maximum absolute atomic E-state index is 11.8. The molecule has 5 heteroatoms. The van der Waals surface area contributed by atoms with Crippen molar-refractivity contribution in [3.05, 3.63) is 35.6 Å². The van der Waals surface area contributed by atoms with Crippen LogP contribution in [0, 0.1) is 0 Å². The first-order valence-corrected chi connectivity index (χ1v) is 8.82. The van der Waals surface area contributed by atoms with Crippen LogP contribution in [0.4, 0.5) is 0 Å². The average molecular weight is 328 g/mol. The summed E-state index contributed by atoms with van der Waals surface area (Å²) in [4.78, 5) is 14.2. The molecule has 0 aliphatic carbocycles. The van der Waals surface area contributed by atoms with Crippen molar-refractivity contribution in [1.29, 1.82) is 0 Å². The van der Waals surface area contributed by atoms with Crippen LogP contribution < -0.4 is 5.32 Å². The zero-order valence-electron chi connectivity index (χ0n) is 14.3. The number of benzene rings is 1. The van der Waals surface area contributed by atoms with Crippen LogP contribution in [0.3, 0.4) is 0 Å². The summed E-state index contributed by atoms with van der Waals surface area (Å²) in [6, 6.07) is 8.25. The summed E-state index contributed by atoms with van der Waals surface area (Å²) in [5, 5.41) is 4.26. The van der Waals surface area contributed by atoms with Gasteiger partial charge in [-0.3, -0.25) is 9.69 Å². The minimum atomic E-state index is -0.445. The van der Waals surface area contributed by atoms with Crippen molar-refractivity contribution >= 4 is 16.9 Å². The monoisotopic (exact) mass is 328 g/mol. The van der Waals surface area contributed by atoms with Crippen LogP contribution in [0.2, 0.25) is 0 Å². The number of hydrogen-bond donors (Lipinski definition) is 1. The maximum Gasteiger partial charge on any atom is 0.251 e. The minimum absolute atomic E-state index is 0.0116. The number of nitrogens with one attached hydrogen (secondary N) is 1. The van der Waals surface area contributed by atoms with Crippen LogP contribution in [0.1, 0.15) is 38.0 Å². The summed E-state index contributed by atoms with van der Waals surface area (Å²) in [5.41, 5.74) is 1.82. The van der Waals surface area contributed by atoms with Gasteiger partial charge in [0.05, 0.1) is 0 Å². The lowest BCUT2D eigenvalue weighted by Crippen LogP contribution is -2.51. The van der Waals surface area contributed by atoms with Crippen molar-refractivity contribution in [2.24, 2.45) is 0 Å². The number of amides is 1. The van der Waals surface area contributed by atoms with E-state index in [1.807, 2.05) is 19.1 Å². The number of para-hydroxylation sites is 1. The normalized spacial score (nSPS) is 23.9. The average Bonchev–Trinajstić information content (AvgIpc) is 3.08. The van der Waals surface area contributed by atoms with E-state index in [1.165, 1.54) is 10.9 Å². The smallest absolute Gasteiger partial charge is 0.251 e. The number of nitrogens with zero attached hydrogens (tertiary/aromatic N) is 1. The summed E-state index contributed by atoms with van der Waals surface area (Å²) in [6.07, 6.45) is 2.24. The summed E-state index contributed by atoms with van der Waals surface area (Å²) >= 11 is 0. The molecule has 2 aliphatic heterocycles. The molecule has 2 aromatic rings. The van der Waals surface area contributed by atoms with Crippen molar-refractivity contribution in [3.63, 3.8) is 0 Å². The fourth-order valence-corrected chi connectivity index (χ4v) is 3.89. The summed E-state index contributed by atoms with van der Waals surface area (Å²) in [7, 11) is 0. The first kappa shape index (κ1) is 15.7. The minimum Gasteiger partial charge on any atom is -0.461 e. The molecule has 1 atom stereocenters. The van der Waals surface area contributed by atoms with E-state index in [4.69, 9.17) is 9.15 Å². The number of piperidine rings is 1. The molecule has 128 valence electrons. The standard InChI is InChI=1S/C19H24N2O3/c1-3-16-15(14-6-4-5-7-17(14)23-16)12-21-10-8-19(9-11-21)20-18(22)13(2)24-19/h4-7,13H,3,8-12H2,1-2H3,(H,20,22). The number of aryl methyl sites for hydroxylation is 1. The molecule has 2 fully saturated rings. The van der Waals surface area contributed by atoms with Crippen LogP contribution in [-0.2, 0) is 22.5 Å². The van der Waals surface area contributed by atoms with Gasteiger partial charge in [-0.25, -0.2) is 0 Å².